The van der Waals surface area contributed by atoms with E-state index in [1.165, 1.54) is 12.1 Å². The van der Waals surface area contributed by atoms with Crippen molar-refractivity contribution in [3.05, 3.63) is 34.5 Å². The van der Waals surface area contributed by atoms with E-state index in [2.05, 4.69) is 14.9 Å². The van der Waals surface area contributed by atoms with E-state index in [1.54, 1.807) is 13.0 Å². The Labute approximate surface area is 122 Å². The molecule has 0 fully saturated rings. The lowest BCUT2D eigenvalue weighted by Gasteiger charge is -2.09. The SMILES string of the molecule is CCc1cc(NS(=O)(=O)c2cc(C)c(Cl)c(N)c2)n[nH]1. The number of aryl methyl sites for hydroxylation is 2. The van der Waals surface area contributed by atoms with Gasteiger partial charge in [-0.25, -0.2) is 8.42 Å². The predicted molar refractivity (Wildman–Crippen MR) is 79.4 cm³/mol. The van der Waals surface area contributed by atoms with E-state index in [9.17, 15) is 8.42 Å². The number of aromatic amines is 1. The number of benzene rings is 1. The first kappa shape index (κ1) is 14.7. The van der Waals surface area contributed by atoms with Crippen LogP contribution >= 0.6 is 11.6 Å². The number of nitrogen functional groups attached to an aromatic ring is 1. The molecule has 0 saturated heterocycles. The Morgan fingerprint density at radius 2 is 2.10 bits per heavy atom. The van der Waals surface area contributed by atoms with Crippen LogP contribution in [0, 0.1) is 6.92 Å². The quantitative estimate of drug-likeness (QED) is 0.754. The van der Waals surface area contributed by atoms with Crippen LogP contribution in [-0.4, -0.2) is 18.6 Å². The molecular weight excluding hydrogens is 300 g/mol. The molecule has 0 radical (unpaired) electrons. The lowest BCUT2D eigenvalue weighted by molar-refractivity contribution is 0.601. The molecule has 1 aromatic heterocycles. The summed E-state index contributed by atoms with van der Waals surface area (Å²) in [6.07, 6.45) is 0.738. The van der Waals surface area contributed by atoms with Gasteiger partial charge in [-0.05, 0) is 31.0 Å². The van der Waals surface area contributed by atoms with Crippen LogP contribution in [0.3, 0.4) is 0 Å². The van der Waals surface area contributed by atoms with E-state index >= 15 is 0 Å². The zero-order valence-electron chi connectivity index (χ0n) is 11.1. The zero-order chi connectivity index (χ0) is 14.9. The fraction of sp³-hybridized carbons (Fsp3) is 0.250. The van der Waals surface area contributed by atoms with Crippen molar-refractivity contribution < 1.29 is 8.42 Å². The molecule has 0 saturated carbocycles. The largest absolute Gasteiger partial charge is 0.397 e. The third-order valence-electron chi connectivity index (χ3n) is 2.82. The first-order valence-corrected chi connectivity index (χ1v) is 7.82. The molecule has 108 valence electrons. The van der Waals surface area contributed by atoms with Crippen molar-refractivity contribution in [3.63, 3.8) is 0 Å². The number of aromatic nitrogens is 2. The van der Waals surface area contributed by atoms with E-state index in [-0.39, 0.29) is 16.4 Å². The molecule has 6 nitrogen and oxygen atoms in total. The molecule has 0 amide bonds. The van der Waals surface area contributed by atoms with E-state index in [4.69, 9.17) is 17.3 Å². The molecule has 1 heterocycles. The maximum Gasteiger partial charge on any atom is 0.263 e. The number of hydrogen-bond acceptors (Lipinski definition) is 4. The van der Waals surface area contributed by atoms with Gasteiger partial charge in [0, 0.05) is 11.8 Å². The van der Waals surface area contributed by atoms with Gasteiger partial charge in [-0.1, -0.05) is 18.5 Å². The van der Waals surface area contributed by atoms with Crippen LogP contribution in [0.15, 0.2) is 23.1 Å². The van der Waals surface area contributed by atoms with Gasteiger partial charge in [-0.15, -0.1) is 0 Å². The third kappa shape index (κ3) is 2.88. The second-order valence-corrected chi connectivity index (χ2v) is 6.44. The number of sulfonamides is 1. The molecule has 0 atom stereocenters. The fourth-order valence-electron chi connectivity index (χ4n) is 1.71. The van der Waals surface area contributed by atoms with E-state index in [0.29, 0.717) is 10.6 Å². The Balaban J connectivity index is 2.35. The van der Waals surface area contributed by atoms with Crippen LogP contribution in [0.1, 0.15) is 18.2 Å². The summed E-state index contributed by atoms with van der Waals surface area (Å²) in [7, 11) is -3.74. The highest BCUT2D eigenvalue weighted by molar-refractivity contribution is 7.92. The Kier molecular flexibility index (Phi) is 3.92. The first-order chi connectivity index (χ1) is 9.33. The molecule has 0 unspecified atom stereocenters. The number of anilines is 2. The topological polar surface area (TPSA) is 101 Å². The van der Waals surface area contributed by atoms with Crippen molar-refractivity contribution >= 4 is 33.1 Å². The van der Waals surface area contributed by atoms with Crippen molar-refractivity contribution in [1.82, 2.24) is 10.2 Å². The molecule has 1 aromatic carbocycles. The van der Waals surface area contributed by atoms with Crippen molar-refractivity contribution in [2.45, 2.75) is 25.2 Å². The smallest absolute Gasteiger partial charge is 0.263 e. The minimum Gasteiger partial charge on any atom is -0.397 e. The van der Waals surface area contributed by atoms with Gasteiger partial charge in [-0.3, -0.25) is 9.82 Å². The number of nitrogens with two attached hydrogens (primary N) is 1. The van der Waals surface area contributed by atoms with Crippen molar-refractivity contribution in [2.75, 3.05) is 10.5 Å². The minimum atomic E-state index is -3.74. The summed E-state index contributed by atoms with van der Waals surface area (Å²) in [4.78, 5) is 0.0537. The highest BCUT2D eigenvalue weighted by atomic mass is 35.5. The second-order valence-electron chi connectivity index (χ2n) is 4.38. The van der Waals surface area contributed by atoms with Crippen molar-refractivity contribution in [3.8, 4) is 0 Å². The van der Waals surface area contributed by atoms with Gasteiger partial charge in [-0.2, -0.15) is 5.10 Å². The summed E-state index contributed by atoms with van der Waals surface area (Å²) < 4.78 is 26.9. The highest BCUT2D eigenvalue weighted by Crippen LogP contribution is 2.27. The number of nitrogens with one attached hydrogen (secondary N) is 2. The van der Waals surface area contributed by atoms with Crippen LogP contribution in [0.4, 0.5) is 11.5 Å². The predicted octanol–water partition coefficient (Wildman–Crippen LogP) is 2.32. The van der Waals surface area contributed by atoms with Gasteiger partial charge in [0.1, 0.15) is 0 Å². The van der Waals surface area contributed by atoms with Crippen LogP contribution < -0.4 is 10.5 Å². The number of hydrogen-bond donors (Lipinski definition) is 3. The monoisotopic (exact) mass is 314 g/mol. The summed E-state index contributed by atoms with van der Waals surface area (Å²) in [5.41, 5.74) is 7.36. The number of nitrogens with zero attached hydrogens (tertiary/aromatic N) is 1. The number of rotatable bonds is 4. The summed E-state index contributed by atoms with van der Waals surface area (Å²) in [6, 6.07) is 4.43. The molecule has 0 aliphatic heterocycles. The molecule has 2 aromatic rings. The average molecular weight is 315 g/mol. The third-order valence-corrected chi connectivity index (χ3v) is 4.67. The molecule has 0 aliphatic carbocycles. The molecule has 2 rings (SSSR count). The van der Waals surface area contributed by atoms with Gasteiger partial charge in [0.05, 0.1) is 15.6 Å². The van der Waals surface area contributed by atoms with Crippen LogP contribution in [0.25, 0.3) is 0 Å². The van der Waals surface area contributed by atoms with E-state index in [0.717, 1.165) is 12.1 Å². The standard InChI is InChI=1S/C12H15ClN4O2S/c1-3-8-5-11(16-15-8)17-20(18,19)9-4-7(2)12(13)10(14)6-9/h4-6H,3,14H2,1-2H3,(H2,15,16,17). The molecule has 20 heavy (non-hydrogen) atoms. The van der Waals surface area contributed by atoms with Gasteiger partial charge < -0.3 is 5.73 Å². The van der Waals surface area contributed by atoms with Crippen LogP contribution in [0.2, 0.25) is 5.02 Å². The second kappa shape index (κ2) is 5.34. The van der Waals surface area contributed by atoms with Gasteiger partial charge in [0.2, 0.25) is 0 Å². The maximum absolute atomic E-state index is 12.3. The van der Waals surface area contributed by atoms with Crippen molar-refractivity contribution in [2.24, 2.45) is 0 Å². The van der Waals surface area contributed by atoms with E-state index < -0.39 is 10.0 Å². The van der Waals surface area contributed by atoms with Crippen molar-refractivity contribution in [1.29, 1.82) is 0 Å². The number of H-pyrrole nitrogens is 1. The number of halogens is 1. The minimum absolute atomic E-state index is 0.0537. The first-order valence-electron chi connectivity index (χ1n) is 5.96. The highest BCUT2D eigenvalue weighted by Gasteiger charge is 2.18. The van der Waals surface area contributed by atoms with E-state index in [1.807, 2.05) is 6.92 Å². The van der Waals surface area contributed by atoms with Crippen LogP contribution in [0.5, 0.6) is 0 Å². The Morgan fingerprint density at radius 3 is 2.65 bits per heavy atom. The lowest BCUT2D eigenvalue weighted by atomic mass is 10.2. The molecule has 0 spiro atoms. The van der Waals surface area contributed by atoms with Gasteiger partial charge in [0.25, 0.3) is 10.0 Å². The Morgan fingerprint density at radius 1 is 1.40 bits per heavy atom. The molecule has 4 N–H and O–H groups in total. The maximum atomic E-state index is 12.3. The lowest BCUT2D eigenvalue weighted by Crippen LogP contribution is -2.14. The van der Waals surface area contributed by atoms with Crippen LogP contribution in [-0.2, 0) is 16.4 Å². The fourth-order valence-corrected chi connectivity index (χ4v) is 2.93. The summed E-state index contributed by atoms with van der Waals surface area (Å²) in [5, 5.41) is 6.98. The summed E-state index contributed by atoms with van der Waals surface area (Å²) in [6.45, 7) is 3.64. The van der Waals surface area contributed by atoms with Gasteiger partial charge in [0.15, 0.2) is 5.82 Å². The molecular formula is C12H15ClN4O2S. The van der Waals surface area contributed by atoms with Gasteiger partial charge >= 0.3 is 0 Å². The summed E-state index contributed by atoms with van der Waals surface area (Å²) >= 11 is 5.92. The normalized spacial score (nSPS) is 11.6. The molecule has 0 aliphatic rings. The molecule has 0 bridgehead atoms. The molecule has 8 heteroatoms. The zero-order valence-corrected chi connectivity index (χ0v) is 12.6. The Bertz CT molecular complexity index is 717. The Hall–Kier alpha value is -1.73. The average Bonchev–Trinajstić information content (AvgIpc) is 2.82. The summed E-state index contributed by atoms with van der Waals surface area (Å²) in [5.74, 6) is 0.244.